The molecule has 0 amide bonds. The first-order valence-electron chi connectivity index (χ1n) is 2.45. The third-order valence-corrected chi connectivity index (χ3v) is 2.78. The van der Waals surface area contributed by atoms with E-state index < -0.39 is 18.1 Å². The number of halogens is 9. The van der Waals surface area contributed by atoms with E-state index in [1.165, 1.54) is 0 Å². The number of rotatable bonds is 0. The second-order valence-electron chi connectivity index (χ2n) is 1.81. The van der Waals surface area contributed by atoms with E-state index in [1.54, 1.807) is 0 Å². The van der Waals surface area contributed by atoms with Crippen molar-refractivity contribution in [2.45, 2.75) is 25.4 Å². The van der Waals surface area contributed by atoms with Crippen LogP contribution in [0.15, 0.2) is 0 Å². The van der Waals surface area contributed by atoms with Gasteiger partial charge in [-0.15, -0.1) is 22.2 Å². The van der Waals surface area contributed by atoms with Crippen LogP contribution in [0.4, 0.5) is 26.3 Å². The molecule has 0 spiro atoms. The summed E-state index contributed by atoms with van der Waals surface area (Å²) in [6, 6.07) is 0. The zero-order valence-corrected chi connectivity index (χ0v) is 9.17. The molecule has 0 radical (unpaired) electrons. The van der Waals surface area contributed by atoms with Crippen molar-refractivity contribution < 1.29 is 26.3 Å². The van der Waals surface area contributed by atoms with Crippen molar-refractivity contribution >= 4 is 40.5 Å². The fourth-order valence-electron chi connectivity index (χ4n) is 0. The van der Waals surface area contributed by atoms with Gasteiger partial charge in [-0.1, -0.05) is 7.43 Å². The molecule has 0 unspecified atom stereocenters. The second-order valence-corrected chi connectivity index (χ2v) is 9.70. The Morgan fingerprint density at radius 1 is 0.929 bits per heavy atom. The Kier molecular flexibility index (Phi) is 9.05. The maximum atomic E-state index is 11.4. The van der Waals surface area contributed by atoms with Gasteiger partial charge in [0.25, 0.3) is 0 Å². The summed E-state index contributed by atoms with van der Waals surface area (Å²) < 4.78 is 64.4. The van der Waals surface area contributed by atoms with Gasteiger partial charge in [-0.25, -0.2) is 0 Å². The van der Waals surface area contributed by atoms with Crippen molar-refractivity contribution in [2.75, 3.05) is 0 Å². The van der Waals surface area contributed by atoms with Gasteiger partial charge in [-0.05, 0) is 18.1 Å². The average molecular weight is 304 g/mol. The predicted molar refractivity (Wildman–Crippen MR) is 48.0 cm³/mol. The summed E-state index contributed by atoms with van der Waals surface area (Å²) in [4.78, 5) is 0. The van der Waals surface area contributed by atoms with Crippen LogP contribution in [0.3, 0.4) is 0 Å². The molecule has 0 N–H and O–H groups in total. The fraction of sp³-hybridized carbons (Fsp3) is 1.00. The Morgan fingerprint density at radius 2 is 1.00 bits per heavy atom. The first-order chi connectivity index (χ1) is 5.25. The molecule has 10 heteroatoms. The summed E-state index contributed by atoms with van der Waals surface area (Å²) in [6.07, 6.45) is 0. The van der Waals surface area contributed by atoms with Gasteiger partial charge >= 0.3 is 18.1 Å². The molecule has 0 fully saturated rings. The second kappa shape index (κ2) is 6.29. The van der Waals surface area contributed by atoms with Crippen LogP contribution in [0.1, 0.15) is 7.43 Å². The zero-order valence-electron chi connectivity index (χ0n) is 5.90. The van der Waals surface area contributed by atoms with Gasteiger partial charge in [-0.3, -0.25) is 0 Å². The van der Waals surface area contributed by atoms with Crippen LogP contribution < -0.4 is 0 Å². The maximum absolute atomic E-state index is 11.4. The first-order valence-corrected chi connectivity index (χ1v) is 7.35. The number of hydrogen-bond donors (Lipinski definition) is 0. The summed E-state index contributed by atoms with van der Waals surface area (Å²) in [6.45, 7) is -3.10. The Bertz CT molecular complexity index is 129. The predicted octanol–water partition coefficient (Wildman–Crippen LogP) is 5.02. The van der Waals surface area contributed by atoms with Gasteiger partial charge in [0.2, 0.25) is 0 Å². The van der Waals surface area contributed by atoms with Crippen LogP contribution in [0.5, 0.6) is 0 Å². The minimum Gasteiger partial charge on any atom is -0.173 e. The molecule has 0 bridgehead atoms. The number of alkyl halides is 7. The highest BCUT2D eigenvalue weighted by atomic mass is 35.7. The van der Waals surface area contributed by atoms with Gasteiger partial charge in [0.1, 0.15) is 0 Å². The SMILES string of the molecule is C.C[Si](Cl)(Cl)C(F)(F)F.FC(F)(F)Cl. The molecular formula is C4H7Cl3F6Si. The molecule has 0 aliphatic carbocycles. The Labute approximate surface area is 92.5 Å². The fourth-order valence-corrected chi connectivity index (χ4v) is 0. The van der Waals surface area contributed by atoms with Gasteiger partial charge in [-0.2, -0.15) is 26.3 Å². The summed E-state index contributed by atoms with van der Waals surface area (Å²) in [5, 5.41) is 0. The molecule has 0 saturated heterocycles. The van der Waals surface area contributed by atoms with E-state index in [0.717, 1.165) is 6.55 Å². The summed E-state index contributed by atoms with van der Waals surface area (Å²) in [5.74, 6) is -4.39. The smallest absolute Gasteiger partial charge is 0.173 e. The molecule has 0 aliphatic rings. The topological polar surface area (TPSA) is 0 Å². The molecule has 0 aromatic heterocycles. The molecule has 14 heavy (non-hydrogen) atoms. The van der Waals surface area contributed by atoms with E-state index in [-0.39, 0.29) is 7.43 Å². The summed E-state index contributed by atoms with van der Waals surface area (Å²) in [5.41, 5.74) is -4.53. The molecule has 0 aromatic rings. The van der Waals surface area contributed by atoms with E-state index in [2.05, 4.69) is 11.6 Å². The van der Waals surface area contributed by atoms with Gasteiger partial charge in [0, 0.05) is 0 Å². The van der Waals surface area contributed by atoms with Crippen molar-refractivity contribution in [1.82, 2.24) is 0 Å². The van der Waals surface area contributed by atoms with E-state index in [9.17, 15) is 26.3 Å². The van der Waals surface area contributed by atoms with Crippen LogP contribution in [0.2, 0.25) is 6.55 Å². The van der Waals surface area contributed by atoms with Crippen molar-refractivity contribution in [3.05, 3.63) is 0 Å². The molecule has 0 heterocycles. The zero-order chi connectivity index (χ0) is 11.5. The molecule has 90 valence electrons. The minimum atomic E-state index is -4.53. The van der Waals surface area contributed by atoms with Crippen LogP contribution in [0, 0.1) is 0 Å². The van der Waals surface area contributed by atoms with E-state index in [0.29, 0.717) is 0 Å². The van der Waals surface area contributed by atoms with Crippen molar-refractivity contribution in [2.24, 2.45) is 0 Å². The summed E-state index contributed by atoms with van der Waals surface area (Å²) in [7, 11) is 0. The lowest BCUT2D eigenvalue weighted by Gasteiger charge is -2.13. The third kappa shape index (κ3) is 18.5. The third-order valence-electron chi connectivity index (χ3n) is 0.498. The van der Waals surface area contributed by atoms with E-state index in [1.807, 2.05) is 0 Å². The average Bonchev–Trinajstić information content (AvgIpc) is 1.50. The molecule has 0 saturated carbocycles. The molecular weight excluding hydrogens is 296 g/mol. The molecule has 0 rings (SSSR count). The molecule has 0 aliphatic heterocycles. The van der Waals surface area contributed by atoms with E-state index >= 15 is 0 Å². The van der Waals surface area contributed by atoms with E-state index in [4.69, 9.17) is 22.2 Å². The highest BCUT2D eigenvalue weighted by Gasteiger charge is 2.51. The standard InChI is InChI=1S/C2H3Cl2F3Si.CClF3.CH4/c1-8(3,4)2(5,6)7;2-1(3,4)5;/h1H3;;1H4. The van der Waals surface area contributed by atoms with Crippen molar-refractivity contribution in [1.29, 1.82) is 0 Å². The lowest BCUT2D eigenvalue weighted by atomic mass is 11.5. The van der Waals surface area contributed by atoms with Crippen LogP contribution >= 0.6 is 33.8 Å². The minimum absolute atomic E-state index is 0. The maximum Gasteiger partial charge on any atom is 0.475 e. The molecule has 0 aromatic carbocycles. The normalized spacial score (nSPS) is 12.4. The van der Waals surface area contributed by atoms with Crippen LogP contribution in [-0.4, -0.2) is 18.1 Å². The monoisotopic (exact) mass is 302 g/mol. The van der Waals surface area contributed by atoms with Gasteiger partial charge in [0.05, 0.1) is 0 Å². The van der Waals surface area contributed by atoms with Gasteiger partial charge < -0.3 is 0 Å². The first kappa shape index (κ1) is 20.1. The highest BCUT2D eigenvalue weighted by Crippen LogP contribution is 2.34. The Hall–Kier alpha value is 0.667. The van der Waals surface area contributed by atoms with Crippen molar-refractivity contribution in [3.63, 3.8) is 0 Å². The highest BCUT2D eigenvalue weighted by molar-refractivity contribution is 7.45. The number of hydrogen-bond acceptors (Lipinski definition) is 0. The Balaban J connectivity index is -0.000000177. The quantitative estimate of drug-likeness (QED) is 0.255. The van der Waals surface area contributed by atoms with Gasteiger partial charge in [0.15, 0.2) is 0 Å². The lowest BCUT2D eigenvalue weighted by molar-refractivity contribution is -0.0503. The largest absolute Gasteiger partial charge is 0.475 e. The Morgan fingerprint density at radius 3 is 1.00 bits per heavy atom. The van der Waals surface area contributed by atoms with Crippen LogP contribution in [-0.2, 0) is 0 Å². The van der Waals surface area contributed by atoms with Crippen LogP contribution in [0.25, 0.3) is 0 Å². The molecule has 0 nitrogen and oxygen atoms in total. The lowest BCUT2D eigenvalue weighted by Crippen LogP contribution is -2.36. The summed E-state index contributed by atoms with van der Waals surface area (Å²) >= 11 is 13.1. The van der Waals surface area contributed by atoms with Crippen molar-refractivity contribution in [3.8, 4) is 0 Å². The molecule has 0 atom stereocenters.